The largest absolute Gasteiger partial charge is 0.353 e. The molecule has 3 amide bonds. The highest BCUT2D eigenvalue weighted by atomic mass is 16.2. The van der Waals surface area contributed by atoms with Crippen molar-refractivity contribution in [2.24, 2.45) is 0 Å². The summed E-state index contributed by atoms with van der Waals surface area (Å²) >= 11 is 0. The van der Waals surface area contributed by atoms with Gasteiger partial charge in [0.15, 0.2) is 0 Å². The molecule has 2 aliphatic heterocycles. The number of hydrogen-bond acceptors (Lipinski definition) is 4. The monoisotopic (exact) mass is 407 g/mol. The van der Waals surface area contributed by atoms with Crippen LogP contribution in [0.3, 0.4) is 0 Å². The van der Waals surface area contributed by atoms with Crippen LogP contribution in [0.2, 0.25) is 0 Å². The third-order valence-corrected chi connectivity index (χ3v) is 5.98. The molecule has 1 atom stereocenters. The van der Waals surface area contributed by atoms with Gasteiger partial charge in [0.25, 0.3) is 5.91 Å². The Balaban J connectivity index is 1.45. The second-order valence-electron chi connectivity index (χ2n) is 8.34. The topological polar surface area (TPSA) is 68.8 Å². The van der Waals surface area contributed by atoms with Gasteiger partial charge >= 0.3 is 6.03 Å². The number of carbonyl (C=O) groups excluding carboxylic acids is 2. The first-order chi connectivity index (χ1) is 14.3. The number of benzene rings is 1. The number of hydrogen-bond donors (Lipinski definition) is 1. The molecule has 1 N–H and O–H groups in total. The van der Waals surface area contributed by atoms with E-state index in [2.05, 4.69) is 28.2 Å². The van der Waals surface area contributed by atoms with E-state index in [-0.39, 0.29) is 18.0 Å². The summed E-state index contributed by atoms with van der Waals surface area (Å²) in [6, 6.07) is 7.82. The van der Waals surface area contributed by atoms with Gasteiger partial charge in [0.2, 0.25) is 0 Å². The maximum atomic E-state index is 13.1. The second-order valence-corrected chi connectivity index (χ2v) is 8.34. The molecule has 4 rings (SSSR count). The Morgan fingerprint density at radius 2 is 1.80 bits per heavy atom. The third-order valence-electron chi connectivity index (χ3n) is 5.98. The van der Waals surface area contributed by atoms with Gasteiger partial charge in [-0.05, 0) is 62.6 Å². The standard InChI is InChI=1S/C23H29N5O2/c1-15-11-17(3)21(24-13-15)26-7-9-27(10-8-26)22(29)20-6-5-19(12-16(20)2)28-18(4)14-25-23(28)30/h5-6,11-13,18H,7-10,14H2,1-4H3,(H,25,30). The van der Waals surface area contributed by atoms with Crippen LogP contribution >= 0.6 is 0 Å². The lowest BCUT2D eigenvalue weighted by molar-refractivity contribution is 0.0746. The van der Waals surface area contributed by atoms with Crippen LogP contribution in [0, 0.1) is 20.8 Å². The molecule has 2 aliphatic rings. The molecule has 0 radical (unpaired) electrons. The van der Waals surface area contributed by atoms with Crippen LogP contribution in [-0.2, 0) is 0 Å². The van der Waals surface area contributed by atoms with Gasteiger partial charge < -0.3 is 15.1 Å². The number of piperazine rings is 1. The zero-order chi connectivity index (χ0) is 21.4. The summed E-state index contributed by atoms with van der Waals surface area (Å²) in [6.07, 6.45) is 1.90. The number of pyridine rings is 1. The molecule has 0 aliphatic carbocycles. The molecule has 2 fully saturated rings. The van der Waals surface area contributed by atoms with Crippen molar-refractivity contribution in [3.05, 3.63) is 52.7 Å². The molecule has 3 heterocycles. The first kappa shape index (κ1) is 20.2. The highest BCUT2D eigenvalue weighted by Gasteiger charge is 2.29. The van der Waals surface area contributed by atoms with Gasteiger partial charge in [-0.1, -0.05) is 6.07 Å². The zero-order valence-corrected chi connectivity index (χ0v) is 18.1. The summed E-state index contributed by atoms with van der Waals surface area (Å²) in [4.78, 5) is 35.7. The molecule has 1 unspecified atom stereocenters. The van der Waals surface area contributed by atoms with E-state index in [4.69, 9.17) is 0 Å². The Morgan fingerprint density at radius 3 is 2.40 bits per heavy atom. The van der Waals surface area contributed by atoms with Gasteiger partial charge in [-0.25, -0.2) is 9.78 Å². The van der Waals surface area contributed by atoms with Crippen LogP contribution in [0.4, 0.5) is 16.3 Å². The van der Waals surface area contributed by atoms with Crippen molar-refractivity contribution in [2.75, 3.05) is 42.5 Å². The van der Waals surface area contributed by atoms with Gasteiger partial charge in [-0.15, -0.1) is 0 Å². The number of aryl methyl sites for hydroxylation is 3. The molecule has 30 heavy (non-hydrogen) atoms. The SMILES string of the molecule is Cc1cnc(N2CCN(C(=O)c3ccc(N4C(=O)NCC4C)cc3C)CC2)c(C)c1. The number of urea groups is 1. The molecule has 0 bridgehead atoms. The minimum Gasteiger partial charge on any atom is -0.353 e. The van der Waals surface area contributed by atoms with Crippen molar-refractivity contribution in [3.63, 3.8) is 0 Å². The van der Waals surface area contributed by atoms with Gasteiger partial charge in [-0.3, -0.25) is 9.69 Å². The van der Waals surface area contributed by atoms with Gasteiger partial charge in [0.1, 0.15) is 5.82 Å². The van der Waals surface area contributed by atoms with Crippen LogP contribution in [0.15, 0.2) is 30.5 Å². The highest BCUT2D eigenvalue weighted by molar-refractivity contribution is 5.98. The molecule has 158 valence electrons. The fourth-order valence-electron chi connectivity index (χ4n) is 4.35. The number of nitrogens with zero attached hydrogens (tertiary/aromatic N) is 4. The Kier molecular flexibility index (Phi) is 5.37. The fourth-order valence-corrected chi connectivity index (χ4v) is 4.35. The molecule has 2 aromatic rings. The second kappa shape index (κ2) is 7.97. The smallest absolute Gasteiger partial charge is 0.322 e. The average molecular weight is 408 g/mol. The van der Waals surface area contributed by atoms with Crippen LogP contribution in [0.25, 0.3) is 0 Å². The summed E-state index contributed by atoms with van der Waals surface area (Å²) in [5.41, 5.74) is 4.75. The summed E-state index contributed by atoms with van der Waals surface area (Å²) in [6.45, 7) is 11.6. The summed E-state index contributed by atoms with van der Waals surface area (Å²) in [5.74, 6) is 1.05. The Morgan fingerprint density at radius 1 is 1.07 bits per heavy atom. The quantitative estimate of drug-likeness (QED) is 0.850. The van der Waals surface area contributed by atoms with E-state index in [0.717, 1.165) is 35.7 Å². The van der Waals surface area contributed by atoms with Crippen LogP contribution in [0.1, 0.15) is 34.0 Å². The van der Waals surface area contributed by atoms with Crippen molar-refractivity contribution < 1.29 is 9.59 Å². The predicted octanol–water partition coefficient (Wildman–Crippen LogP) is 2.89. The average Bonchev–Trinajstić information content (AvgIpc) is 3.06. The molecule has 2 saturated heterocycles. The number of carbonyl (C=O) groups is 2. The Hall–Kier alpha value is -3.09. The first-order valence-corrected chi connectivity index (χ1v) is 10.5. The number of nitrogens with one attached hydrogen (secondary N) is 1. The lowest BCUT2D eigenvalue weighted by atomic mass is 10.0. The maximum absolute atomic E-state index is 13.1. The first-order valence-electron chi connectivity index (χ1n) is 10.5. The van der Waals surface area contributed by atoms with Crippen molar-refractivity contribution in [3.8, 4) is 0 Å². The van der Waals surface area contributed by atoms with E-state index in [0.29, 0.717) is 25.2 Å². The molecule has 0 spiro atoms. The van der Waals surface area contributed by atoms with E-state index in [1.54, 1.807) is 4.90 Å². The zero-order valence-electron chi connectivity index (χ0n) is 18.1. The van der Waals surface area contributed by atoms with Crippen molar-refractivity contribution in [2.45, 2.75) is 33.7 Å². The summed E-state index contributed by atoms with van der Waals surface area (Å²) < 4.78 is 0. The molecular formula is C23H29N5O2. The van der Waals surface area contributed by atoms with Crippen molar-refractivity contribution in [1.82, 2.24) is 15.2 Å². The molecule has 7 nitrogen and oxygen atoms in total. The summed E-state index contributed by atoms with van der Waals surface area (Å²) in [5, 5.41) is 2.85. The number of anilines is 2. The van der Waals surface area contributed by atoms with E-state index in [9.17, 15) is 9.59 Å². The normalized spacial score (nSPS) is 19.3. The lowest BCUT2D eigenvalue weighted by Crippen LogP contribution is -2.49. The van der Waals surface area contributed by atoms with Gasteiger partial charge in [-0.2, -0.15) is 0 Å². The van der Waals surface area contributed by atoms with E-state index < -0.39 is 0 Å². The number of amides is 3. The minimum absolute atomic E-state index is 0.0474. The van der Waals surface area contributed by atoms with Gasteiger partial charge in [0, 0.05) is 50.2 Å². The molecule has 1 aromatic heterocycles. The minimum atomic E-state index is -0.0860. The van der Waals surface area contributed by atoms with E-state index in [1.165, 1.54) is 5.56 Å². The van der Waals surface area contributed by atoms with Crippen LogP contribution in [-0.4, -0.2) is 60.6 Å². The van der Waals surface area contributed by atoms with Crippen molar-refractivity contribution in [1.29, 1.82) is 0 Å². The molecular weight excluding hydrogens is 378 g/mol. The summed E-state index contributed by atoms with van der Waals surface area (Å²) in [7, 11) is 0. The Bertz CT molecular complexity index is 982. The van der Waals surface area contributed by atoms with E-state index >= 15 is 0 Å². The number of rotatable bonds is 3. The van der Waals surface area contributed by atoms with Crippen LogP contribution in [0.5, 0.6) is 0 Å². The molecule has 7 heteroatoms. The van der Waals surface area contributed by atoms with Gasteiger partial charge in [0.05, 0.1) is 6.04 Å². The van der Waals surface area contributed by atoms with Crippen LogP contribution < -0.4 is 15.1 Å². The molecule has 1 aromatic carbocycles. The van der Waals surface area contributed by atoms with E-state index in [1.807, 2.05) is 50.1 Å². The highest BCUT2D eigenvalue weighted by Crippen LogP contribution is 2.25. The Labute approximate surface area is 177 Å². The predicted molar refractivity (Wildman–Crippen MR) is 118 cm³/mol. The number of aromatic nitrogens is 1. The lowest BCUT2D eigenvalue weighted by Gasteiger charge is -2.36. The molecule has 0 saturated carbocycles. The fraction of sp³-hybridized carbons (Fsp3) is 0.435. The third kappa shape index (κ3) is 3.72. The maximum Gasteiger partial charge on any atom is 0.322 e. The van der Waals surface area contributed by atoms with Crippen molar-refractivity contribution >= 4 is 23.4 Å².